The van der Waals surface area contributed by atoms with Gasteiger partial charge in [0.2, 0.25) is 0 Å². The van der Waals surface area contributed by atoms with Gasteiger partial charge in [-0.15, -0.1) is 0 Å². The molecule has 19 heavy (non-hydrogen) atoms. The summed E-state index contributed by atoms with van der Waals surface area (Å²) in [4.78, 5) is -0.0171. The summed E-state index contributed by atoms with van der Waals surface area (Å²) in [7, 11) is 1.57. The lowest BCUT2D eigenvalue weighted by Crippen LogP contribution is -1.95. The molecule has 0 radical (unpaired) electrons. The van der Waals surface area contributed by atoms with Gasteiger partial charge in [-0.25, -0.2) is 0 Å². The molecule has 5 heteroatoms. The van der Waals surface area contributed by atoms with Crippen molar-refractivity contribution in [1.29, 1.82) is 0 Å². The van der Waals surface area contributed by atoms with Gasteiger partial charge in [0.1, 0.15) is 5.75 Å². The van der Waals surface area contributed by atoms with Crippen molar-refractivity contribution in [3.8, 4) is 5.75 Å². The van der Waals surface area contributed by atoms with Gasteiger partial charge in [0.25, 0.3) is 0 Å². The van der Waals surface area contributed by atoms with E-state index in [4.69, 9.17) is 27.9 Å². The first-order valence-corrected chi connectivity index (χ1v) is 7.92. The minimum atomic E-state index is -0.0171. The second-order valence-corrected chi connectivity index (χ2v) is 6.57. The Balaban J connectivity index is 2.41. The Hall–Kier alpha value is -0.220. The van der Waals surface area contributed by atoms with Gasteiger partial charge in [0.15, 0.2) is 0 Å². The van der Waals surface area contributed by atoms with Crippen molar-refractivity contribution in [3.63, 3.8) is 0 Å². The van der Waals surface area contributed by atoms with Crippen LogP contribution in [0.2, 0.25) is 10.0 Å². The van der Waals surface area contributed by atoms with E-state index < -0.39 is 0 Å². The number of methoxy groups -OCH3 is 1. The van der Waals surface area contributed by atoms with Gasteiger partial charge in [-0.05, 0) is 29.3 Å². The number of rotatable bonds is 3. The van der Waals surface area contributed by atoms with Crippen molar-refractivity contribution in [2.75, 3.05) is 7.11 Å². The minimum Gasteiger partial charge on any atom is -0.495 e. The molecule has 0 saturated heterocycles. The minimum absolute atomic E-state index is 0.0171. The third-order valence-corrected chi connectivity index (χ3v) is 4.88. The van der Waals surface area contributed by atoms with Crippen LogP contribution < -0.4 is 4.74 Å². The average molecular weight is 425 g/mol. The molecule has 0 fully saturated rings. The molecule has 1 atom stereocenters. The standard InChI is InChI=1S/C14H10Br2Cl2O/c1-19-13-7-11(17)10(6-12(13)18)14(16)8-2-4-9(15)5-3-8/h2-7,14H,1H3. The maximum atomic E-state index is 6.28. The van der Waals surface area contributed by atoms with E-state index in [1.165, 1.54) is 0 Å². The molecule has 0 spiro atoms. The molecule has 0 aromatic heterocycles. The Kier molecular flexibility index (Phi) is 5.18. The molecule has 0 saturated carbocycles. The predicted octanol–water partition coefficient (Wildman–Crippen LogP) is 6.25. The van der Waals surface area contributed by atoms with Crippen LogP contribution in [0.4, 0.5) is 0 Å². The van der Waals surface area contributed by atoms with Crippen LogP contribution in [-0.4, -0.2) is 7.11 Å². The maximum absolute atomic E-state index is 6.28. The summed E-state index contributed by atoms with van der Waals surface area (Å²) in [5.74, 6) is 0.575. The number of ether oxygens (including phenoxy) is 1. The Morgan fingerprint density at radius 1 is 1.05 bits per heavy atom. The maximum Gasteiger partial charge on any atom is 0.138 e. The highest BCUT2D eigenvalue weighted by Crippen LogP contribution is 2.40. The fraction of sp³-hybridized carbons (Fsp3) is 0.143. The third-order valence-electron chi connectivity index (χ3n) is 2.71. The van der Waals surface area contributed by atoms with E-state index in [1.807, 2.05) is 30.3 Å². The number of hydrogen-bond acceptors (Lipinski definition) is 1. The van der Waals surface area contributed by atoms with E-state index in [2.05, 4.69) is 31.9 Å². The van der Waals surface area contributed by atoms with Gasteiger partial charge in [-0.3, -0.25) is 0 Å². The zero-order valence-corrected chi connectivity index (χ0v) is 14.6. The molecule has 2 aromatic carbocycles. The number of benzene rings is 2. The van der Waals surface area contributed by atoms with Crippen LogP contribution in [0, 0.1) is 0 Å². The van der Waals surface area contributed by atoms with E-state index in [9.17, 15) is 0 Å². The fourth-order valence-corrected chi connectivity index (χ4v) is 3.30. The van der Waals surface area contributed by atoms with Crippen molar-refractivity contribution in [3.05, 3.63) is 62.0 Å². The fourth-order valence-electron chi connectivity index (χ4n) is 1.71. The SMILES string of the molecule is COc1cc(Cl)c(C(Br)c2ccc(Br)cc2)cc1Cl. The lowest BCUT2D eigenvalue weighted by molar-refractivity contribution is 0.415. The van der Waals surface area contributed by atoms with Crippen molar-refractivity contribution in [1.82, 2.24) is 0 Å². The summed E-state index contributed by atoms with van der Waals surface area (Å²) in [6, 6.07) is 11.6. The van der Waals surface area contributed by atoms with E-state index in [1.54, 1.807) is 13.2 Å². The predicted molar refractivity (Wildman–Crippen MR) is 87.9 cm³/mol. The average Bonchev–Trinajstić information content (AvgIpc) is 2.41. The number of hydrogen-bond donors (Lipinski definition) is 0. The van der Waals surface area contributed by atoms with Gasteiger partial charge in [-0.1, -0.05) is 67.2 Å². The van der Waals surface area contributed by atoms with Crippen molar-refractivity contribution >= 4 is 55.1 Å². The van der Waals surface area contributed by atoms with Crippen LogP contribution >= 0.6 is 55.1 Å². The molecule has 2 aromatic rings. The first-order valence-electron chi connectivity index (χ1n) is 5.45. The van der Waals surface area contributed by atoms with Gasteiger partial charge in [0, 0.05) is 15.6 Å². The van der Waals surface area contributed by atoms with Gasteiger partial charge in [0.05, 0.1) is 17.0 Å². The second-order valence-electron chi connectivity index (χ2n) is 3.92. The Bertz CT molecular complexity index is 585. The smallest absolute Gasteiger partial charge is 0.138 e. The molecule has 0 aliphatic carbocycles. The Morgan fingerprint density at radius 3 is 2.26 bits per heavy atom. The summed E-state index contributed by atoms with van der Waals surface area (Å²) in [6.45, 7) is 0. The van der Waals surface area contributed by atoms with Crippen molar-refractivity contribution in [2.45, 2.75) is 4.83 Å². The molecule has 100 valence electrons. The summed E-state index contributed by atoms with van der Waals surface area (Å²) in [5, 5.41) is 1.16. The van der Waals surface area contributed by atoms with E-state index in [0.717, 1.165) is 15.6 Å². The van der Waals surface area contributed by atoms with Gasteiger partial charge in [-0.2, -0.15) is 0 Å². The van der Waals surface area contributed by atoms with Crippen LogP contribution in [0.1, 0.15) is 16.0 Å². The number of halogens is 4. The second kappa shape index (κ2) is 6.49. The van der Waals surface area contributed by atoms with Crippen LogP contribution in [0.5, 0.6) is 5.75 Å². The highest BCUT2D eigenvalue weighted by Gasteiger charge is 2.16. The normalized spacial score (nSPS) is 12.3. The molecule has 1 nitrogen and oxygen atoms in total. The largest absolute Gasteiger partial charge is 0.495 e. The zero-order valence-electron chi connectivity index (χ0n) is 9.96. The molecule has 0 N–H and O–H groups in total. The first-order chi connectivity index (χ1) is 9.02. The lowest BCUT2D eigenvalue weighted by Gasteiger charge is -2.14. The topological polar surface area (TPSA) is 9.23 Å². The first kappa shape index (κ1) is 15.2. The van der Waals surface area contributed by atoms with Crippen LogP contribution in [0.3, 0.4) is 0 Å². The zero-order chi connectivity index (χ0) is 14.0. The van der Waals surface area contributed by atoms with Crippen LogP contribution in [0.25, 0.3) is 0 Å². The molecule has 0 heterocycles. The lowest BCUT2D eigenvalue weighted by atomic mass is 10.0. The number of alkyl halides is 1. The van der Waals surface area contributed by atoms with Gasteiger partial charge >= 0.3 is 0 Å². The molecule has 0 aliphatic heterocycles. The van der Waals surface area contributed by atoms with Gasteiger partial charge < -0.3 is 4.74 Å². The monoisotopic (exact) mass is 422 g/mol. The quantitative estimate of drug-likeness (QED) is 0.529. The van der Waals surface area contributed by atoms with E-state index in [-0.39, 0.29) is 4.83 Å². The molecule has 0 bridgehead atoms. The van der Waals surface area contributed by atoms with E-state index in [0.29, 0.717) is 15.8 Å². The van der Waals surface area contributed by atoms with Crippen LogP contribution in [-0.2, 0) is 0 Å². The van der Waals surface area contributed by atoms with Crippen LogP contribution in [0.15, 0.2) is 40.9 Å². The Labute approximate surface area is 139 Å². The van der Waals surface area contributed by atoms with Crippen molar-refractivity contribution < 1.29 is 4.74 Å². The summed E-state index contributed by atoms with van der Waals surface area (Å²) < 4.78 is 6.18. The molecular formula is C14H10Br2Cl2O. The third kappa shape index (κ3) is 3.46. The van der Waals surface area contributed by atoms with E-state index >= 15 is 0 Å². The van der Waals surface area contributed by atoms with Crippen molar-refractivity contribution in [2.24, 2.45) is 0 Å². The molecule has 2 rings (SSSR count). The molecule has 0 amide bonds. The molecular weight excluding hydrogens is 415 g/mol. The molecule has 0 aliphatic rings. The highest BCUT2D eigenvalue weighted by molar-refractivity contribution is 9.10. The summed E-state index contributed by atoms with van der Waals surface area (Å²) >= 11 is 19.5. The summed E-state index contributed by atoms with van der Waals surface area (Å²) in [5.41, 5.74) is 2.01. The highest BCUT2D eigenvalue weighted by atomic mass is 79.9. The molecule has 1 unspecified atom stereocenters. The summed E-state index contributed by atoms with van der Waals surface area (Å²) in [6.07, 6.45) is 0. The Morgan fingerprint density at radius 2 is 1.68 bits per heavy atom.